The summed E-state index contributed by atoms with van der Waals surface area (Å²) in [6.07, 6.45) is 0. The lowest BCUT2D eigenvalue weighted by Gasteiger charge is -2.34. The van der Waals surface area contributed by atoms with Gasteiger partial charge >= 0.3 is 0 Å². The predicted octanol–water partition coefficient (Wildman–Crippen LogP) is 4.13. The molecule has 0 N–H and O–H groups in total. The van der Waals surface area contributed by atoms with Gasteiger partial charge in [-0.3, -0.25) is 9.59 Å². The Bertz CT molecular complexity index is 825. The normalized spacial score (nSPS) is 15.3. The van der Waals surface area contributed by atoms with E-state index in [1.165, 1.54) is 5.56 Å². The molecule has 5 heteroatoms. The minimum absolute atomic E-state index is 0.0398. The molecule has 1 aliphatic heterocycles. The molecule has 1 fully saturated rings. The summed E-state index contributed by atoms with van der Waals surface area (Å²) >= 11 is 6.19. The molecule has 2 aromatic rings. The quantitative estimate of drug-likeness (QED) is 0.797. The maximum Gasteiger partial charge on any atom is 0.254 e. The van der Waals surface area contributed by atoms with Crippen molar-refractivity contribution in [3.8, 4) is 0 Å². The second-order valence-electron chi connectivity index (χ2n) is 7.55. The summed E-state index contributed by atoms with van der Waals surface area (Å²) in [6.45, 7) is 7.39. The summed E-state index contributed by atoms with van der Waals surface area (Å²) < 4.78 is 0. The zero-order chi connectivity index (χ0) is 18.9. The van der Waals surface area contributed by atoms with E-state index < -0.39 is 0 Å². The maximum atomic E-state index is 12.7. The summed E-state index contributed by atoms with van der Waals surface area (Å²) in [7, 11) is 0. The molecule has 4 nitrogen and oxygen atoms in total. The Labute approximate surface area is 159 Å². The van der Waals surface area contributed by atoms with Crippen LogP contribution in [0.5, 0.6) is 0 Å². The minimum Gasteiger partial charge on any atom is -0.328 e. The molecule has 1 heterocycles. The Morgan fingerprint density at radius 3 is 2.23 bits per heavy atom. The average Bonchev–Trinajstić information content (AvgIpc) is 2.61. The van der Waals surface area contributed by atoms with E-state index in [2.05, 4.69) is 20.8 Å². The number of rotatable bonds is 2. The van der Waals surface area contributed by atoms with E-state index in [0.717, 1.165) is 0 Å². The molecule has 1 saturated heterocycles. The van der Waals surface area contributed by atoms with Crippen LogP contribution in [0, 0.1) is 0 Å². The van der Waals surface area contributed by atoms with E-state index in [9.17, 15) is 9.59 Å². The third-order valence-electron chi connectivity index (χ3n) is 4.65. The SMILES string of the molecule is CC(C)(C)c1ccc(C(=O)N2CCN(c3ccccc3Cl)C(=O)C2)cc1. The fraction of sp³-hybridized carbons (Fsp3) is 0.333. The van der Waals surface area contributed by atoms with Gasteiger partial charge in [0.2, 0.25) is 5.91 Å². The molecule has 3 rings (SSSR count). The van der Waals surface area contributed by atoms with Gasteiger partial charge in [0.15, 0.2) is 0 Å². The summed E-state index contributed by atoms with van der Waals surface area (Å²) in [5.74, 6) is -0.235. The molecular weight excluding hydrogens is 348 g/mol. The molecule has 136 valence electrons. The number of piperazine rings is 1. The highest BCUT2D eigenvalue weighted by Crippen LogP contribution is 2.27. The first-order chi connectivity index (χ1) is 12.3. The second-order valence-corrected chi connectivity index (χ2v) is 7.96. The van der Waals surface area contributed by atoms with Crippen molar-refractivity contribution in [1.82, 2.24) is 4.90 Å². The number of hydrogen-bond acceptors (Lipinski definition) is 2. The van der Waals surface area contributed by atoms with Crippen molar-refractivity contribution in [3.63, 3.8) is 0 Å². The summed E-state index contributed by atoms with van der Waals surface area (Å²) in [4.78, 5) is 28.5. The van der Waals surface area contributed by atoms with Gasteiger partial charge in [0, 0.05) is 18.7 Å². The lowest BCUT2D eigenvalue weighted by molar-refractivity contribution is -0.120. The van der Waals surface area contributed by atoms with Gasteiger partial charge in [-0.1, -0.05) is 56.6 Å². The standard InChI is InChI=1S/C21H23ClN2O2/c1-21(2,3)16-10-8-15(9-11-16)20(26)23-12-13-24(19(25)14-23)18-7-5-4-6-17(18)22/h4-11H,12-14H2,1-3H3. The lowest BCUT2D eigenvalue weighted by Crippen LogP contribution is -2.52. The first-order valence-corrected chi connectivity index (χ1v) is 9.10. The van der Waals surface area contributed by atoms with Gasteiger partial charge < -0.3 is 9.80 Å². The molecule has 1 aliphatic rings. The largest absolute Gasteiger partial charge is 0.328 e. The van der Waals surface area contributed by atoms with Crippen LogP contribution in [0.25, 0.3) is 0 Å². The molecule has 2 aromatic carbocycles. The van der Waals surface area contributed by atoms with Gasteiger partial charge in [-0.25, -0.2) is 0 Å². The van der Waals surface area contributed by atoms with Crippen LogP contribution < -0.4 is 4.90 Å². The first kappa shape index (κ1) is 18.5. The molecule has 0 bridgehead atoms. The Hall–Kier alpha value is -2.33. The number of benzene rings is 2. The Kier molecular flexibility index (Phi) is 5.05. The van der Waals surface area contributed by atoms with Crippen molar-refractivity contribution >= 4 is 29.1 Å². The van der Waals surface area contributed by atoms with Gasteiger partial charge in [-0.15, -0.1) is 0 Å². The van der Waals surface area contributed by atoms with Crippen molar-refractivity contribution in [2.75, 3.05) is 24.5 Å². The fourth-order valence-electron chi connectivity index (χ4n) is 3.07. The Morgan fingerprint density at radius 2 is 1.65 bits per heavy atom. The zero-order valence-corrected chi connectivity index (χ0v) is 16.1. The van der Waals surface area contributed by atoms with E-state index >= 15 is 0 Å². The highest BCUT2D eigenvalue weighted by Gasteiger charge is 2.29. The van der Waals surface area contributed by atoms with Crippen LogP contribution in [0.2, 0.25) is 5.02 Å². The van der Waals surface area contributed by atoms with Crippen LogP contribution >= 0.6 is 11.6 Å². The number of nitrogens with zero attached hydrogens (tertiary/aromatic N) is 2. The van der Waals surface area contributed by atoms with E-state index in [1.54, 1.807) is 15.9 Å². The predicted molar refractivity (Wildman–Crippen MR) is 105 cm³/mol. The molecule has 0 unspecified atom stereocenters. The lowest BCUT2D eigenvalue weighted by atomic mass is 9.86. The number of anilines is 1. The maximum absolute atomic E-state index is 12.7. The average molecular weight is 371 g/mol. The van der Waals surface area contributed by atoms with Crippen molar-refractivity contribution in [2.45, 2.75) is 26.2 Å². The third kappa shape index (κ3) is 3.75. The van der Waals surface area contributed by atoms with Gasteiger partial charge in [0.05, 0.1) is 10.7 Å². The minimum atomic E-state index is -0.121. The van der Waals surface area contributed by atoms with Gasteiger partial charge in [-0.05, 0) is 35.2 Å². The van der Waals surface area contributed by atoms with Crippen molar-refractivity contribution in [1.29, 1.82) is 0 Å². The molecule has 0 spiro atoms. The van der Waals surface area contributed by atoms with Crippen LogP contribution in [-0.4, -0.2) is 36.3 Å². The monoisotopic (exact) mass is 370 g/mol. The number of amides is 2. The summed E-state index contributed by atoms with van der Waals surface area (Å²) in [5, 5.41) is 0.540. The van der Waals surface area contributed by atoms with Crippen LogP contribution in [-0.2, 0) is 10.2 Å². The summed E-state index contributed by atoms with van der Waals surface area (Å²) in [5.41, 5.74) is 2.52. The number of carbonyl (C=O) groups excluding carboxylic acids is 2. The number of halogens is 1. The van der Waals surface area contributed by atoms with Crippen LogP contribution in [0.1, 0.15) is 36.7 Å². The highest BCUT2D eigenvalue weighted by molar-refractivity contribution is 6.33. The van der Waals surface area contributed by atoms with Crippen LogP contribution in [0.3, 0.4) is 0 Å². The smallest absolute Gasteiger partial charge is 0.254 e. The molecule has 0 aliphatic carbocycles. The molecule has 0 atom stereocenters. The summed E-state index contributed by atoms with van der Waals surface area (Å²) in [6, 6.07) is 14.9. The second kappa shape index (κ2) is 7.12. The molecule has 0 saturated carbocycles. The van der Waals surface area contributed by atoms with Gasteiger partial charge in [0.1, 0.15) is 6.54 Å². The number of para-hydroxylation sites is 1. The molecule has 0 radical (unpaired) electrons. The van der Waals surface area contributed by atoms with Crippen molar-refractivity contribution in [2.24, 2.45) is 0 Å². The van der Waals surface area contributed by atoms with Crippen LogP contribution in [0.15, 0.2) is 48.5 Å². The van der Waals surface area contributed by atoms with Crippen molar-refractivity contribution < 1.29 is 9.59 Å². The molecular formula is C21H23ClN2O2. The van der Waals surface area contributed by atoms with E-state index in [4.69, 9.17) is 11.6 Å². The molecule has 0 aromatic heterocycles. The van der Waals surface area contributed by atoms with Gasteiger partial charge in [0.25, 0.3) is 5.91 Å². The third-order valence-corrected chi connectivity index (χ3v) is 4.97. The van der Waals surface area contributed by atoms with E-state index in [0.29, 0.717) is 29.4 Å². The highest BCUT2D eigenvalue weighted by atomic mass is 35.5. The van der Waals surface area contributed by atoms with Gasteiger partial charge in [-0.2, -0.15) is 0 Å². The zero-order valence-electron chi connectivity index (χ0n) is 15.3. The number of hydrogen-bond donors (Lipinski definition) is 0. The fourth-order valence-corrected chi connectivity index (χ4v) is 3.31. The Balaban J connectivity index is 1.72. The van der Waals surface area contributed by atoms with Crippen molar-refractivity contribution in [3.05, 3.63) is 64.7 Å². The topological polar surface area (TPSA) is 40.6 Å². The number of carbonyl (C=O) groups is 2. The molecule has 2 amide bonds. The van der Waals surface area contributed by atoms with E-state index in [-0.39, 0.29) is 23.8 Å². The van der Waals surface area contributed by atoms with E-state index in [1.807, 2.05) is 42.5 Å². The Morgan fingerprint density at radius 1 is 1.00 bits per heavy atom. The van der Waals surface area contributed by atoms with Crippen LogP contribution in [0.4, 0.5) is 5.69 Å². The first-order valence-electron chi connectivity index (χ1n) is 8.72. The molecule has 26 heavy (non-hydrogen) atoms.